The molecule has 3 aromatic rings. The zero-order chi connectivity index (χ0) is 20.8. The Morgan fingerprint density at radius 2 is 1.81 bits per heavy atom. The zero-order valence-electron chi connectivity index (χ0n) is 17.5. The van der Waals surface area contributed by atoms with E-state index in [9.17, 15) is 4.79 Å². The molecule has 0 radical (unpaired) electrons. The van der Waals surface area contributed by atoms with E-state index in [-0.39, 0.29) is 5.91 Å². The van der Waals surface area contributed by atoms with E-state index in [4.69, 9.17) is 0 Å². The van der Waals surface area contributed by atoms with Crippen molar-refractivity contribution in [3.8, 4) is 0 Å². The normalized spacial score (nSPS) is 27.8. The minimum atomic E-state index is -0.00972. The summed E-state index contributed by atoms with van der Waals surface area (Å²) in [4.78, 5) is 16.9. The predicted molar refractivity (Wildman–Crippen MR) is 122 cm³/mol. The summed E-state index contributed by atoms with van der Waals surface area (Å²) in [6.07, 6.45) is 7.51. The fourth-order valence-electron chi connectivity index (χ4n) is 6.40. The van der Waals surface area contributed by atoms with Crippen LogP contribution in [0.2, 0.25) is 0 Å². The molecule has 2 N–H and O–H groups in total. The van der Waals surface area contributed by atoms with Gasteiger partial charge in [-0.25, -0.2) is 0 Å². The third-order valence-electron chi connectivity index (χ3n) is 7.71. The molecule has 2 aliphatic carbocycles. The summed E-state index contributed by atoms with van der Waals surface area (Å²) in [5, 5.41) is 6.92. The van der Waals surface area contributed by atoms with Crippen molar-refractivity contribution in [1.82, 2.24) is 10.3 Å². The highest BCUT2D eigenvalue weighted by molar-refractivity contribution is 5.95. The molecule has 2 aromatic carbocycles. The number of nitrogens with one attached hydrogen (secondary N) is 2. The van der Waals surface area contributed by atoms with E-state index in [1.165, 1.54) is 36.1 Å². The minimum Gasteiger partial charge on any atom is -0.378 e. The van der Waals surface area contributed by atoms with Crippen LogP contribution in [-0.2, 0) is 6.54 Å². The average Bonchev–Trinajstić information content (AvgIpc) is 3.46. The third kappa shape index (κ3) is 3.21. The van der Waals surface area contributed by atoms with Crippen molar-refractivity contribution in [2.24, 2.45) is 17.8 Å². The molecule has 6 rings (SSSR count). The second kappa shape index (κ2) is 7.52. The molecular weight excluding hydrogens is 382 g/mol. The van der Waals surface area contributed by atoms with Crippen LogP contribution in [0.3, 0.4) is 0 Å². The second-order valence-electron chi connectivity index (χ2n) is 9.31. The van der Waals surface area contributed by atoms with Crippen molar-refractivity contribution in [3.05, 3.63) is 95.3 Å². The van der Waals surface area contributed by atoms with Crippen molar-refractivity contribution in [2.45, 2.75) is 37.8 Å². The van der Waals surface area contributed by atoms with Crippen LogP contribution in [0.4, 0.5) is 5.69 Å². The number of fused-ring (bicyclic) bond motifs is 7. The first-order valence-electron chi connectivity index (χ1n) is 11.4. The Kier molecular flexibility index (Phi) is 4.52. The summed E-state index contributed by atoms with van der Waals surface area (Å²) in [5.74, 6) is 2.68. The zero-order valence-corrected chi connectivity index (χ0v) is 17.5. The maximum atomic E-state index is 12.9. The maximum absolute atomic E-state index is 12.9. The van der Waals surface area contributed by atoms with Crippen LogP contribution in [-0.4, -0.2) is 10.9 Å². The number of carbonyl (C=O) groups excluding carboxylic acids is 1. The average molecular weight is 410 g/mol. The van der Waals surface area contributed by atoms with Crippen LogP contribution in [0, 0.1) is 17.8 Å². The fraction of sp³-hybridized carbons (Fsp3) is 0.333. The number of hydrogen-bond acceptors (Lipinski definition) is 3. The quantitative estimate of drug-likeness (QED) is 0.614. The van der Waals surface area contributed by atoms with Crippen molar-refractivity contribution in [2.75, 3.05) is 5.32 Å². The molecule has 2 bridgehead atoms. The Labute approximate surface area is 183 Å². The van der Waals surface area contributed by atoms with Gasteiger partial charge in [-0.3, -0.25) is 9.78 Å². The summed E-state index contributed by atoms with van der Waals surface area (Å²) >= 11 is 0. The first-order valence-corrected chi connectivity index (χ1v) is 11.4. The van der Waals surface area contributed by atoms with Crippen molar-refractivity contribution < 1.29 is 4.79 Å². The third-order valence-corrected chi connectivity index (χ3v) is 7.71. The van der Waals surface area contributed by atoms with Crippen LogP contribution >= 0.6 is 0 Å². The topological polar surface area (TPSA) is 54.0 Å². The van der Waals surface area contributed by atoms with Gasteiger partial charge in [0.05, 0.1) is 6.04 Å². The van der Waals surface area contributed by atoms with E-state index in [1.807, 2.05) is 18.2 Å². The Hall–Kier alpha value is -3.14. The lowest BCUT2D eigenvalue weighted by atomic mass is 9.68. The Morgan fingerprint density at radius 1 is 1.00 bits per heavy atom. The molecular formula is C27H27N3O. The Morgan fingerprint density at radius 3 is 2.65 bits per heavy atom. The standard InChI is InChI=1S/C27H27N3O/c31-27(29-16-17-10-12-28-13-11-17)21-8-9-23-22(15-21)24-19-6-7-20(14-19)25(24)26(30-23)18-4-2-1-3-5-18/h1-5,8-13,15,19-20,24-26,30H,6-7,14,16H2,(H,29,31)/t19-,20-,24+,25+,26+/m1/s1. The first kappa shape index (κ1) is 18.6. The summed E-state index contributed by atoms with van der Waals surface area (Å²) < 4.78 is 0. The summed E-state index contributed by atoms with van der Waals surface area (Å²) in [7, 11) is 0. The van der Waals surface area contributed by atoms with Gasteiger partial charge in [-0.1, -0.05) is 30.3 Å². The number of carbonyl (C=O) groups is 1. The number of anilines is 1. The molecule has 1 aliphatic heterocycles. The van der Waals surface area contributed by atoms with E-state index in [0.717, 1.165) is 23.0 Å². The lowest BCUT2D eigenvalue weighted by molar-refractivity contribution is 0.0950. The Bertz CT molecular complexity index is 1100. The summed E-state index contributed by atoms with van der Waals surface area (Å²) in [6.45, 7) is 0.517. The number of pyridine rings is 1. The largest absolute Gasteiger partial charge is 0.378 e. The molecule has 156 valence electrons. The molecule has 0 saturated heterocycles. The van der Waals surface area contributed by atoms with Crippen LogP contribution in [0.1, 0.15) is 58.3 Å². The molecule has 31 heavy (non-hydrogen) atoms. The molecule has 3 aliphatic rings. The Balaban J connectivity index is 1.30. The summed E-state index contributed by atoms with van der Waals surface area (Å²) in [5.41, 5.74) is 5.75. The van der Waals surface area contributed by atoms with Gasteiger partial charge in [-0.2, -0.15) is 0 Å². The van der Waals surface area contributed by atoms with Crippen molar-refractivity contribution in [3.63, 3.8) is 0 Å². The number of nitrogens with zero attached hydrogens (tertiary/aromatic N) is 1. The van der Waals surface area contributed by atoms with Crippen LogP contribution in [0.5, 0.6) is 0 Å². The highest BCUT2D eigenvalue weighted by atomic mass is 16.1. The second-order valence-corrected chi connectivity index (χ2v) is 9.31. The molecule has 0 unspecified atom stereocenters. The van der Waals surface area contributed by atoms with Crippen molar-refractivity contribution in [1.29, 1.82) is 0 Å². The van der Waals surface area contributed by atoms with Gasteiger partial charge >= 0.3 is 0 Å². The molecule has 2 heterocycles. The van der Waals surface area contributed by atoms with Crippen molar-refractivity contribution >= 4 is 11.6 Å². The number of aromatic nitrogens is 1. The number of rotatable bonds is 4. The molecule has 1 amide bonds. The van der Waals surface area contributed by atoms with Gasteiger partial charge in [-0.05, 0) is 90.0 Å². The van der Waals surface area contributed by atoms with Crippen LogP contribution < -0.4 is 10.6 Å². The smallest absolute Gasteiger partial charge is 0.251 e. The lowest BCUT2D eigenvalue weighted by Crippen LogP contribution is -2.35. The van der Waals surface area contributed by atoms with E-state index in [1.54, 1.807) is 12.4 Å². The molecule has 1 aromatic heterocycles. The molecule has 4 heteroatoms. The highest BCUT2D eigenvalue weighted by Gasteiger charge is 2.53. The predicted octanol–water partition coefficient (Wildman–Crippen LogP) is 5.31. The fourth-order valence-corrected chi connectivity index (χ4v) is 6.40. The van der Waals surface area contributed by atoms with Crippen LogP contribution in [0.25, 0.3) is 0 Å². The van der Waals surface area contributed by atoms with Gasteiger partial charge in [0.15, 0.2) is 0 Å². The summed E-state index contributed by atoms with van der Waals surface area (Å²) in [6, 6.07) is 21.4. The van der Waals surface area contributed by atoms with Crippen LogP contribution in [0.15, 0.2) is 73.1 Å². The number of benzene rings is 2. The molecule has 5 atom stereocenters. The molecule has 2 saturated carbocycles. The van der Waals surface area contributed by atoms with E-state index >= 15 is 0 Å². The molecule has 4 nitrogen and oxygen atoms in total. The monoisotopic (exact) mass is 409 g/mol. The van der Waals surface area contributed by atoms with Gasteiger partial charge < -0.3 is 10.6 Å². The van der Waals surface area contributed by atoms with E-state index in [2.05, 4.69) is 58.1 Å². The number of hydrogen-bond donors (Lipinski definition) is 2. The number of amides is 1. The molecule has 0 spiro atoms. The lowest BCUT2D eigenvalue weighted by Gasteiger charge is -2.43. The van der Waals surface area contributed by atoms with Gasteiger partial charge in [0, 0.05) is 30.2 Å². The van der Waals surface area contributed by atoms with Gasteiger partial charge in [0.25, 0.3) is 5.91 Å². The highest BCUT2D eigenvalue weighted by Crippen LogP contribution is 2.63. The maximum Gasteiger partial charge on any atom is 0.251 e. The SMILES string of the molecule is O=C(NCc1ccncc1)c1ccc2c(c1)[C@@H]1[C@@H]3CC[C@H](C3)[C@@H]1[C@H](c1ccccc1)N2. The first-order chi connectivity index (χ1) is 15.3. The van der Waals surface area contributed by atoms with E-state index in [0.29, 0.717) is 24.4 Å². The van der Waals surface area contributed by atoms with Gasteiger partial charge in [-0.15, -0.1) is 0 Å². The minimum absolute atomic E-state index is 0.00972. The van der Waals surface area contributed by atoms with Gasteiger partial charge in [0.1, 0.15) is 0 Å². The molecule has 2 fully saturated rings. The van der Waals surface area contributed by atoms with E-state index < -0.39 is 0 Å². The van der Waals surface area contributed by atoms with Gasteiger partial charge in [0.2, 0.25) is 0 Å².